The van der Waals surface area contributed by atoms with E-state index in [1.165, 1.54) is 24.0 Å². The van der Waals surface area contributed by atoms with E-state index in [1.54, 1.807) is 55.6 Å². The molecule has 0 saturated carbocycles. The molecule has 2 aromatic rings. The zero-order valence-corrected chi connectivity index (χ0v) is 20.2. The standard InChI is InChI=1S/C27H31N3O5/c1-34-22-13-11-20(12-14-22)28-25(31)18-24-26(32)30(21-9-6-10-23(17-21)35-2)27(33)29(24)16-15-19-7-4-3-5-8-19/h6-7,9-14,17,24H,3-5,8,15-16,18H2,1-2H3,(H,28,31)/t24-/m1/s1. The highest BCUT2D eigenvalue weighted by Crippen LogP contribution is 2.31. The molecule has 1 aliphatic carbocycles. The molecule has 0 spiro atoms. The van der Waals surface area contributed by atoms with E-state index in [0.29, 0.717) is 35.8 Å². The van der Waals surface area contributed by atoms with Crippen molar-refractivity contribution in [2.75, 3.05) is 31.0 Å². The maximum Gasteiger partial charge on any atom is 0.332 e. The fraction of sp³-hybridized carbons (Fsp3) is 0.370. The number of carbonyl (C=O) groups excluding carboxylic acids is 3. The van der Waals surface area contributed by atoms with Gasteiger partial charge in [-0.1, -0.05) is 17.7 Å². The Hall–Kier alpha value is -3.81. The molecule has 0 bridgehead atoms. The van der Waals surface area contributed by atoms with Gasteiger partial charge in [0.05, 0.1) is 26.3 Å². The van der Waals surface area contributed by atoms with Gasteiger partial charge in [0.15, 0.2) is 0 Å². The normalized spacial score (nSPS) is 17.9. The summed E-state index contributed by atoms with van der Waals surface area (Å²) in [5.74, 6) is 0.473. The number of allylic oxidation sites excluding steroid dienone is 1. The lowest BCUT2D eigenvalue weighted by molar-refractivity contribution is -0.124. The van der Waals surface area contributed by atoms with Gasteiger partial charge in [-0.2, -0.15) is 0 Å². The topological polar surface area (TPSA) is 88.2 Å². The minimum Gasteiger partial charge on any atom is -0.497 e. The Balaban J connectivity index is 1.53. The molecule has 0 aromatic heterocycles. The van der Waals surface area contributed by atoms with E-state index in [-0.39, 0.29) is 12.3 Å². The quantitative estimate of drug-likeness (QED) is 0.416. The third-order valence-electron chi connectivity index (χ3n) is 6.44. The maximum atomic E-state index is 13.5. The Morgan fingerprint density at radius 1 is 1.03 bits per heavy atom. The zero-order chi connectivity index (χ0) is 24.8. The van der Waals surface area contributed by atoms with Crippen molar-refractivity contribution in [2.24, 2.45) is 0 Å². The van der Waals surface area contributed by atoms with Gasteiger partial charge >= 0.3 is 6.03 Å². The summed E-state index contributed by atoms with van der Waals surface area (Å²) < 4.78 is 10.4. The molecule has 2 aliphatic rings. The van der Waals surface area contributed by atoms with E-state index in [2.05, 4.69) is 11.4 Å². The average molecular weight is 478 g/mol. The van der Waals surface area contributed by atoms with Crippen LogP contribution in [0.15, 0.2) is 60.2 Å². The van der Waals surface area contributed by atoms with Crippen LogP contribution in [0.1, 0.15) is 38.5 Å². The number of nitrogens with one attached hydrogen (secondary N) is 1. The predicted molar refractivity (Wildman–Crippen MR) is 134 cm³/mol. The first-order valence-electron chi connectivity index (χ1n) is 11.9. The first-order valence-corrected chi connectivity index (χ1v) is 11.9. The molecule has 1 heterocycles. The van der Waals surface area contributed by atoms with Crippen LogP contribution in [0, 0.1) is 0 Å². The van der Waals surface area contributed by atoms with Crippen LogP contribution in [0.2, 0.25) is 0 Å². The van der Waals surface area contributed by atoms with Crippen LogP contribution in [0.5, 0.6) is 11.5 Å². The van der Waals surface area contributed by atoms with Gasteiger partial charge in [0.25, 0.3) is 5.91 Å². The number of hydrogen-bond donors (Lipinski definition) is 1. The van der Waals surface area contributed by atoms with Crippen molar-refractivity contribution in [3.8, 4) is 11.5 Å². The molecule has 4 rings (SSSR count). The number of imide groups is 1. The predicted octanol–water partition coefficient (Wildman–Crippen LogP) is 4.76. The lowest BCUT2D eigenvalue weighted by Gasteiger charge is -2.23. The Bertz CT molecular complexity index is 1110. The van der Waals surface area contributed by atoms with Crippen LogP contribution >= 0.6 is 0 Å². The van der Waals surface area contributed by atoms with Crippen molar-refractivity contribution in [3.05, 3.63) is 60.2 Å². The number of benzene rings is 2. The zero-order valence-electron chi connectivity index (χ0n) is 20.2. The van der Waals surface area contributed by atoms with Gasteiger partial charge in [-0.3, -0.25) is 9.59 Å². The second kappa shape index (κ2) is 11.1. The summed E-state index contributed by atoms with van der Waals surface area (Å²) in [6, 6.07) is 12.5. The highest BCUT2D eigenvalue weighted by molar-refractivity contribution is 6.22. The van der Waals surface area contributed by atoms with Crippen molar-refractivity contribution in [2.45, 2.75) is 44.6 Å². The van der Waals surface area contributed by atoms with Crippen LogP contribution in [0.25, 0.3) is 0 Å². The summed E-state index contributed by atoms with van der Waals surface area (Å²) in [6.45, 7) is 0.386. The number of methoxy groups -OCH3 is 2. The smallest absolute Gasteiger partial charge is 0.332 e. The first-order chi connectivity index (χ1) is 17.0. The monoisotopic (exact) mass is 477 g/mol. The largest absolute Gasteiger partial charge is 0.497 e. The van der Waals surface area contributed by atoms with Gasteiger partial charge in [0.1, 0.15) is 17.5 Å². The van der Waals surface area contributed by atoms with Crippen LogP contribution in [-0.4, -0.2) is 49.6 Å². The van der Waals surface area contributed by atoms with E-state index in [9.17, 15) is 14.4 Å². The van der Waals surface area contributed by atoms with Crippen molar-refractivity contribution in [1.29, 1.82) is 0 Å². The fourth-order valence-electron chi connectivity index (χ4n) is 4.53. The molecule has 1 N–H and O–H groups in total. The number of anilines is 2. The van der Waals surface area contributed by atoms with Gasteiger partial charge in [0, 0.05) is 18.3 Å². The molecular formula is C27H31N3O5. The summed E-state index contributed by atoms with van der Waals surface area (Å²) in [4.78, 5) is 42.5. The third-order valence-corrected chi connectivity index (χ3v) is 6.44. The molecule has 1 fully saturated rings. The van der Waals surface area contributed by atoms with Gasteiger partial charge in [-0.25, -0.2) is 9.69 Å². The number of ether oxygens (including phenoxy) is 2. The Kier molecular flexibility index (Phi) is 7.70. The molecular weight excluding hydrogens is 446 g/mol. The second-order valence-electron chi connectivity index (χ2n) is 8.71. The number of nitrogens with zero attached hydrogens (tertiary/aromatic N) is 2. The molecule has 4 amide bonds. The minimum absolute atomic E-state index is 0.129. The summed E-state index contributed by atoms with van der Waals surface area (Å²) in [5.41, 5.74) is 2.33. The van der Waals surface area contributed by atoms with Crippen molar-refractivity contribution in [1.82, 2.24) is 4.90 Å². The Labute approximate surface area is 205 Å². The molecule has 184 valence electrons. The number of amides is 4. The summed E-state index contributed by atoms with van der Waals surface area (Å²) in [7, 11) is 3.10. The molecule has 1 atom stereocenters. The lowest BCUT2D eigenvalue weighted by Crippen LogP contribution is -2.38. The highest BCUT2D eigenvalue weighted by Gasteiger charge is 2.46. The molecule has 8 nitrogen and oxygen atoms in total. The number of hydrogen-bond acceptors (Lipinski definition) is 5. The van der Waals surface area contributed by atoms with E-state index in [1.807, 2.05) is 0 Å². The van der Waals surface area contributed by atoms with E-state index in [0.717, 1.165) is 24.2 Å². The van der Waals surface area contributed by atoms with Crippen molar-refractivity contribution >= 4 is 29.2 Å². The summed E-state index contributed by atoms with van der Waals surface area (Å²) in [6.07, 6.45) is 7.18. The molecule has 0 radical (unpaired) electrons. The molecule has 35 heavy (non-hydrogen) atoms. The summed E-state index contributed by atoms with van der Waals surface area (Å²) in [5, 5.41) is 2.82. The van der Waals surface area contributed by atoms with Gasteiger partial charge in [-0.05, 0) is 68.5 Å². The summed E-state index contributed by atoms with van der Waals surface area (Å²) >= 11 is 0. The van der Waals surface area contributed by atoms with Gasteiger partial charge < -0.3 is 19.7 Å². The van der Waals surface area contributed by atoms with Gasteiger partial charge in [0.2, 0.25) is 5.91 Å². The minimum atomic E-state index is -0.879. The Morgan fingerprint density at radius 3 is 2.49 bits per heavy atom. The third kappa shape index (κ3) is 5.65. The second-order valence-corrected chi connectivity index (χ2v) is 8.71. The van der Waals surface area contributed by atoms with Gasteiger partial charge in [-0.15, -0.1) is 0 Å². The number of urea groups is 1. The highest BCUT2D eigenvalue weighted by atomic mass is 16.5. The average Bonchev–Trinajstić information content (AvgIpc) is 3.12. The van der Waals surface area contributed by atoms with E-state index >= 15 is 0 Å². The molecule has 1 saturated heterocycles. The molecule has 8 heteroatoms. The van der Waals surface area contributed by atoms with E-state index in [4.69, 9.17) is 9.47 Å². The van der Waals surface area contributed by atoms with Crippen LogP contribution in [0.4, 0.5) is 16.2 Å². The lowest BCUT2D eigenvalue weighted by atomic mass is 9.97. The van der Waals surface area contributed by atoms with E-state index < -0.39 is 18.0 Å². The number of carbonyl (C=O) groups is 3. The first kappa shape index (κ1) is 24.3. The SMILES string of the molecule is COc1ccc(NC(=O)C[C@@H]2C(=O)N(c3cccc(OC)c3)C(=O)N2CCC2=CCCCC2)cc1. The Morgan fingerprint density at radius 2 is 1.80 bits per heavy atom. The number of rotatable bonds is 9. The molecule has 2 aromatic carbocycles. The van der Waals surface area contributed by atoms with Crippen molar-refractivity contribution in [3.63, 3.8) is 0 Å². The molecule has 1 aliphatic heterocycles. The van der Waals surface area contributed by atoms with Crippen molar-refractivity contribution < 1.29 is 23.9 Å². The maximum absolute atomic E-state index is 13.5. The van der Waals surface area contributed by atoms with Crippen LogP contribution in [0.3, 0.4) is 0 Å². The molecule has 0 unspecified atom stereocenters. The fourth-order valence-corrected chi connectivity index (χ4v) is 4.53. The van der Waals surface area contributed by atoms with Crippen LogP contribution < -0.4 is 19.7 Å². The van der Waals surface area contributed by atoms with Crippen LogP contribution in [-0.2, 0) is 9.59 Å².